The van der Waals surface area contributed by atoms with E-state index in [9.17, 15) is 4.79 Å². The van der Waals surface area contributed by atoms with Crippen LogP contribution in [0.5, 0.6) is 0 Å². The number of rotatable bonds is 6. The fraction of sp³-hybridized carbons (Fsp3) is 0.600. The van der Waals surface area contributed by atoms with Crippen LogP contribution < -0.4 is 10.6 Å². The zero-order valence-corrected chi connectivity index (χ0v) is 12.0. The highest BCUT2D eigenvalue weighted by Crippen LogP contribution is 2.32. The van der Waals surface area contributed by atoms with Crippen molar-refractivity contribution in [3.05, 3.63) is 23.4 Å². The van der Waals surface area contributed by atoms with Gasteiger partial charge >= 0.3 is 0 Å². The van der Waals surface area contributed by atoms with Crippen LogP contribution in [0.2, 0.25) is 0 Å². The van der Waals surface area contributed by atoms with E-state index in [2.05, 4.69) is 29.5 Å². The third kappa shape index (κ3) is 3.94. The maximum atomic E-state index is 12.2. The van der Waals surface area contributed by atoms with Crippen molar-refractivity contribution in [2.75, 3.05) is 11.9 Å². The molecule has 0 saturated heterocycles. The Morgan fingerprint density at radius 3 is 2.84 bits per heavy atom. The molecular weight excluding hydrogens is 238 g/mol. The second-order valence-electron chi connectivity index (χ2n) is 5.41. The summed E-state index contributed by atoms with van der Waals surface area (Å²) in [5, 5.41) is 6.30. The molecule has 4 nitrogen and oxygen atoms in total. The number of amides is 1. The fourth-order valence-electron chi connectivity index (χ4n) is 2.15. The van der Waals surface area contributed by atoms with Gasteiger partial charge in [0.05, 0.1) is 0 Å². The Hall–Kier alpha value is -1.58. The number of nitrogens with one attached hydrogen (secondary N) is 2. The van der Waals surface area contributed by atoms with Crippen LogP contribution in [-0.2, 0) is 0 Å². The minimum atomic E-state index is 0.00412. The molecule has 0 bridgehead atoms. The van der Waals surface area contributed by atoms with Crippen LogP contribution >= 0.6 is 0 Å². The summed E-state index contributed by atoms with van der Waals surface area (Å²) in [6.45, 7) is 6.97. The first-order valence-corrected chi connectivity index (χ1v) is 7.13. The Labute approximate surface area is 115 Å². The maximum Gasteiger partial charge on any atom is 0.251 e. The van der Waals surface area contributed by atoms with Crippen molar-refractivity contribution in [1.82, 2.24) is 10.3 Å². The molecule has 1 heterocycles. The lowest BCUT2D eigenvalue weighted by atomic mass is 10.1. The molecule has 1 aromatic rings. The predicted octanol–water partition coefficient (Wildman–Crippen LogP) is 2.74. The number of pyridine rings is 1. The molecule has 1 aromatic heterocycles. The Balaban J connectivity index is 2.04. The van der Waals surface area contributed by atoms with E-state index >= 15 is 0 Å². The summed E-state index contributed by atoms with van der Waals surface area (Å²) >= 11 is 0. The Morgan fingerprint density at radius 2 is 2.21 bits per heavy atom. The van der Waals surface area contributed by atoms with Crippen molar-refractivity contribution in [1.29, 1.82) is 0 Å². The number of hydrogen-bond donors (Lipinski definition) is 2. The van der Waals surface area contributed by atoms with E-state index in [0.717, 1.165) is 24.5 Å². The molecule has 2 N–H and O–H groups in total. The smallest absolute Gasteiger partial charge is 0.251 e. The van der Waals surface area contributed by atoms with Gasteiger partial charge in [-0.25, -0.2) is 4.98 Å². The van der Waals surface area contributed by atoms with Crippen molar-refractivity contribution in [2.45, 2.75) is 46.1 Å². The highest BCUT2D eigenvalue weighted by Gasteiger charge is 2.29. The molecule has 2 rings (SSSR count). The molecule has 1 atom stereocenters. The lowest BCUT2D eigenvalue weighted by Crippen LogP contribution is -2.34. The fourth-order valence-corrected chi connectivity index (χ4v) is 2.15. The lowest BCUT2D eigenvalue weighted by molar-refractivity contribution is 0.0935. The van der Waals surface area contributed by atoms with Crippen LogP contribution in [0.15, 0.2) is 12.1 Å². The van der Waals surface area contributed by atoms with Gasteiger partial charge in [-0.15, -0.1) is 0 Å². The van der Waals surface area contributed by atoms with Crippen LogP contribution in [0, 0.1) is 12.8 Å². The monoisotopic (exact) mass is 261 g/mol. The van der Waals surface area contributed by atoms with E-state index in [-0.39, 0.29) is 11.9 Å². The van der Waals surface area contributed by atoms with Gasteiger partial charge in [-0.05, 0) is 51.2 Å². The minimum Gasteiger partial charge on any atom is -0.370 e. The second-order valence-corrected chi connectivity index (χ2v) is 5.41. The molecular formula is C15H23N3O. The van der Waals surface area contributed by atoms with Crippen LogP contribution in [0.25, 0.3) is 0 Å². The number of carbonyl (C=O) groups is 1. The van der Waals surface area contributed by atoms with Gasteiger partial charge in [-0.2, -0.15) is 0 Å². The molecule has 19 heavy (non-hydrogen) atoms. The lowest BCUT2D eigenvalue weighted by Gasteiger charge is -2.14. The summed E-state index contributed by atoms with van der Waals surface area (Å²) in [6.07, 6.45) is 3.51. The molecule has 0 radical (unpaired) electrons. The topological polar surface area (TPSA) is 54.0 Å². The first kappa shape index (κ1) is 13.8. The minimum absolute atomic E-state index is 0.00412. The van der Waals surface area contributed by atoms with Crippen molar-refractivity contribution >= 4 is 11.7 Å². The number of anilines is 1. The zero-order valence-electron chi connectivity index (χ0n) is 12.0. The van der Waals surface area contributed by atoms with Crippen molar-refractivity contribution in [3.63, 3.8) is 0 Å². The Kier molecular flexibility index (Phi) is 4.40. The van der Waals surface area contributed by atoms with E-state index < -0.39 is 0 Å². The van der Waals surface area contributed by atoms with Gasteiger partial charge in [0.1, 0.15) is 5.82 Å². The number of aryl methyl sites for hydroxylation is 1. The standard InChI is InChI=1S/C15H23N3O/c1-4-7-16-14-9-13(8-10(2)17-14)15(19)18-11(3)12-5-6-12/h8-9,11-12H,4-7H2,1-3H3,(H,16,17)(H,18,19). The molecule has 4 heteroatoms. The Bertz CT molecular complexity index is 455. The Morgan fingerprint density at radius 1 is 1.47 bits per heavy atom. The number of carbonyl (C=O) groups excluding carboxylic acids is 1. The highest BCUT2D eigenvalue weighted by atomic mass is 16.1. The summed E-state index contributed by atoms with van der Waals surface area (Å²) < 4.78 is 0. The number of nitrogens with zero attached hydrogens (tertiary/aromatic N) is 1. The van der Waals surface area contributed by atoms with Crippen molar-refractivity contribution in [2.24, 2.45) is 5.92 Å². The average Bonchev–Trinajstić information content (AvgIpc) is 3.19. The average molecular weight is 261 g/mol. The first-order chi connectivity index (χ1) is 9.10. The summed E-state index contributed by atoms with van der Waals surface area (Å²) in [4.78, 5) is 16.6. The highest BCUT2D eigenvalue weighted by molar-refractivity contribution is 5.95. The maximum absolute atomic E-state index is 12.2. The summed E-state index contributed by atoms with van der Waals surface area (Å²) in [5.41, 5.74) is 1.56. The normalized spacial score (nSPS) is 15.9. The third-order valence-corrected chi connectivity index (χ3v) is 3.46. The first-order valence-electron chi connectivity index (χ1n) is 7.13. The van der Waals surface area contributed by atoms with Crippen LogP contribution in [0.1, 0.15) is 49.2 Å². The summed E-state index contributed by atoms with van der Waals surface area (Å²) in [7, 11) is 0. The molecule has 1 amide bonds. The van der Waals surface area contributed by atoms with E-state index in [0.29, 0.717) is 11.5 Å². The van der Waals surface area contributed by atoms with Crippen LogP contribution in [0.3, 0.4) is 0 Å². The molecule has 1 aliphatic carbocycles. The number of hydrogen-bond acceptors (Lipinski definition) is 3. The third-order valence-electron chi connectivity index (χ3n) is 3.46. The summed E-state index contributed by atoms with van der Waals surface area (Å²) in [5.74, 6) is 1.46. The summed E-state index contributed by atoms with van der Waals surface area (Å²) in [6, 6.07) is 3.94. The van der Waals surface area contributed by atoms with Gasteiger partial charge in [-0.3, -0.25) is 4.79 Å². The molecule has 1 aliphatic rings. The number of aromatic nitrogens is 1. The van der Waals surface area contributed by atoms with Gasteiger partial charge in [0.25, 0.3) is 5.91 Å². The molecule has 1 saturated carbocycles. The van der Waals surface area contributed by atoms with Gasteiger partial charge in [0.15, 0.2) is 0 Å². The van der Waals surface area contributed by atoms with Gasteiger partial charge in [-0.1, -0.05) is 6.92 Å². The zero-order chi connectivity index (χ0) is 13.8. The SMILES string of the molecule is CCCNc1cc(C(=O)NC(C)C2CC2)cc(C)n1. The molecule has 0 aliphatic heterocycles. The molecule has 1 fully saturated rings. The van der Waals surface area contributed by atoms with Crippen molar-refractivity contribution < 1.29 is 4.79 Å². The molecule has 1 unspecified atom stereocenters. The van der Waals surface area contributed by atoms with Crippen molar-refractivity contribution in [3.8, 4) is 0 Å². The second kappa shape index (κ2) is 6.04. The van der Waals surface area contributed by atoms with E-state index in [1.807, 2.05) is 19.1 Å². The largest absolute Gasteiger partial charge is 0.370 e. The van der Waals surface area contributed by atoms with E-state index in [4.69, 9.17) is 0 Å². The quantitative estimate of drug-likeness (QED) is 0.828. The molecule has 0 spiro atoms. The van der Waals surface area contributed by atoms with Crippen LogP contribution in [-0.4, -0.2) is 23.5 Å². The predicted molar refractivity (Wildman–Crippen MR) is 77.4 cm³/mol. The molecule has 104 valence electrons. The van der Waals surface area contributed by atoms with Gasteiger partial charge in [0, 0.05) is 23.8 Å². The van der Waals surface area contributed by atoms with E-state index in [1.54, 1.807) is 0 Å². The van der Waals surface area contributed by atoms with Crippen LogP contribution in [0.4, 0.5) is 5.82 Å². The molecule has 0 aromatic carbocycles. The van der Waals surface area contributed by atoms with Gasteiger partial charge < -0.3 is 10.6 Å². The van der Waals surface area contributed by atoms with E-state index in [1.165, 1.54) is 12.8 Å². The van der Waals surface area contributed by atoms with Gasteiger partial charge in [0.2, 0.25) is 0 Å².